The summed E-state index contributed by atoms with van der Waals surface area (Å²) in [7, 11) is 0. The number of amides is 1. The number of nitrogens with zero attached hydrogens (tertiary/aromatic N) is 7. The number of piperazine rings is 1. The highest BCUT2D eigenvalue weighted by Gasteiger charge is 2.32. The molecule has 50 heavy (non-hydrogen) atoms. The quantitative estimate of drug-likeness (QED) is 0.224. The van der Waals surface area contributed by atoms with Crippen molar-refractivity contribution in [3.05, 3.63) is 110 Å². The molecule has 258 valence electrons. The average Bonchev–Trinajstić information content (AvgIpc) is 3.73. The van der Waals surface area contributed by atoms with Gasteiger partial charge in [0, 0.05) is 50.9 Å². The van der Waals surface area contributed by atoms with E-state index < -0.39 is 17.6 Å². The van der Waals surface area contributed by atoms with Crippen LogP contribution in [0.3, 0.4) is 0 Å². The molecule has 0 radical (unpaired) electrons. The number of hydrogen-bond donors (Lipinski definition) is 2. The van der Waals surface area contributed by atoms with Crippen molar-refractivity contribution in [1.29, 1.82) is 0 Å². The summed E-state index contributed by atoms with van der Waals surface area (Å²) >= 11 is 6.15. The summed E-state index contributed by atoms with van der Waals surface area (Å²) in [6.07, 6.45) is -0.0279. The van der Waals surface area contributed by atoms with Gasteiger partial charge in [-0.05, 0) is 54.0 Å². The van der Waals surface area contributed by atoms with Crippen LogP contribution in [0.1, 0.15) is 40.8 Å². The van der Waals surface area contributed by atoms with Crippen LogP contribution in [-0.4, -0.2) is 66.2 Å². The molecule has 2 aromatic carbocycles. The topological polar surface area (TPSA) is 121 Å². The molecular weight excluding hydrogens is 673 g/mol. The number of allylic oxidation sites excluding steroid dienone is 1. The number of nitrogens with one attached hydrogen (secondary N) is 1. The second-order valence-electron chi connectivity index (χ2n) is 12.2. The molecule has 3 aromatic heterocycles. The third kappa shape index (κ3) is 6.43. The first kappa shape index (κ1) is 33.3. The number of benzene rings is 2. The summed E-state index contributed by atoms with van der Waals surface area (Å²) in [5, 5.41) is 17.2. The Morgan fingerprint density at radius 2 is 1.84 bits per heavy atom. The first-order chi connectivity index (χ1) is 24.0. The lowest BCUT2D eigenvalue weighted by atomic mass is 10.1. The molecule has 1 aliphatic carbocycles. The highest BCUT2D eigenvalue weighted by Crippen LogP contribution is 2.34. The van der Waals surface area contributed by atoms with Gasteiger partial charge in [0.25, 0.3) is 5.56 Å². The zero-order valence-electron chi connectivity index (χ0n) is 26.9. The minimum atomic E-state index is -4.59. The molecule has 2 N–H and O–H groups in total. The first-order valence-electron chi connectivity index (χ1n) is 16.1. The molecule has 2 aliphatic rings. The van der Waals surface area contributed by atoms with Crippen molar-refractivity contribution in [1.82, 2.24) is 29.0 Å². The number of halogens is 4. The number of aromatic hydroxyl groups is 1. The van der Waals surface area contributed by atoms with Gasteiger partial charge in [-0.2, -0.15) is 22.7 Å². The monoisotopic (exact) mass is 704 g/mol. The molecule has 1 saturated heterocycles. The van der Waals surface area contributed by atoms with Crippen LogP contribution in [0, 0.1) is 0 Å². The minimum absolute atomic E-state index is 0.0195. The van der Waals surface area contributed by atoms with Gasteiger partial charge in [-0.1, -0.05) is 42.8 Å². The van der Waals surface area contributed by atoms with Crippen LogP contribution in [0.25, 0.3) is 17.4 Å². The number of carbonyl (C=O) groups excluding carboxylic acids is 1. The highest BCUT2D eigenvalue weighted by molar-refractivity contribution is 6.33. The molecule has 5 aromatic rings. The van der Waals surface area contributed by atoms with Crippen LogP contribution in [0.4, 0.5) is 24.5 Å². The number of carbonyl (C=O) groups is 1. The van der Waals surface area contributed by atoms with Crippen LogP contribution < -0.4 is 15.8 Å². The molecule has 0 saturated carbocycles. The maximum Gasteiger partial charge on any atom is 0.416 e. The molecule has 0 bridgehead atoms. The van der Waals surface area contributed by atoms with E-state index in [1.165, 1.54) is 4.52 Å². The lowest BCUT2D eigenvalue weighted by Crippen LogP contribution is -2.48. The van der Waals surface area contributed by atoms with Gasteiger partial charge in [0.15, 0.2) is 5.82 Å². The third-order valence-electron chi connectivity index (χ3n) is 9.01. The fourth-order valence-corrected chi connectivity index (χ4v) is 6.74. The van der Waals surface area contributed by atoms with Gasteiger partial charge >= 0.3 is 6.18 Å². The molecule has 11 nitrogen and oxygen atoms in total. The van der Waals surface area contributed by atoms with E-state index in [0.717, 1.165) is 34.9 Å². The molecule has 4 heterocycles. The largest absolute Gasteiger partial charge is 0.506 e. The van der Waals surface area contributed by atoms with Crippen molar-refractivity contribution >= 4 is 46.3 Å². The molecule has 7 rings (SSSR count). The van der Waals surface area contributed by atoms with Crippen molar-refractivity contribution < 1.29 is 23.1 Å². The molecule has 0 spiro atoms. The van der Waals surface area contributed by atoms with Crippen LogP contribution in [0.15, 0.2) is 65.6 Å². The Kier molecular flexibility index (Phi) is 8.82. The number of fused-ring (bicyclic) bond motifs is 2. The molecule has 0 unspecified atom stereocenters. The second kappa shape index (κ2) is 13.2. The van der Waals surface area contributed by atoms with Gasteiger partial charge in [-0.25, -0.2) is 0 Å². The van der Waals surface area contributed by atoms with Crippen molar-refractivity contribution in [2.75, 3.05) is 36.4 Å². The Bertz CT molecular complexity index is 2210. The zero-order valence-corrected chi connectivity index (χ0v) is 27.7. The number of pyridine rings is 1. The van der Waals surface area contributed by atoms with E-state index in [2.05, 4.69) is 20.3 Å². The maximum atomic E-state index is 14.3. The Balaban J connectivity index is 1.24. The summed E-state index contributed by atoms with van der Waals surface area (Å²) in [4.78, 5) is 41.0. The first-order valence-corrected chi connectivity index (χ1v) is 16.5. The standard InChI is InChI=1S/C35H32ClF3N8O3/c1-2-28-31(45-14-12-44(13-15-45)19-27-29(48)8-5-11-40-27)33(50)47-34(42-32(43-47)23-16-21-6-3-4-7-22(21)17-23)46(28)20-30(49)41-26-10-9-24(18-25(26)36)35(37,38)39/h3-11,16,18,48H,2,12-15,17,19-20H2,1H3,(H,41,49). The van der Waals surface area contributed by atoms with Gasteiger partial charge in [0.2, 0.25) is 11.7 Å². The number of anilines is 2. The number of hydrogen-bond acceptors (Lipinski definition) is 8. The van der Waals surface area contributed by atoms with Gasteiger partial charge < -0.3 is 19.9 Å². The Morgan fingerprint density at radius 3 is 2.54 bits per heavy atom. The molecular formula is C35H32ClF3N8O3. The van der Waals surface area contributed by atoms with E-state index in [1.54, 1.807) is 22.9 Å². The molecule has 0 atom stereocenters. The molecule has 1 fully saturated rings. The summed E-state index contributed by atoms with van der Waals surface area (Å²) in [6, 6.07) is 13.9. The molecule has 1 aliphatic heterocycles. The van der Waals surface area contributed by atoms with Crippen molar-refractivity contribution in [3.63, 3.8) is 0 Å². The van der Waals surface area contributed by atoms with Crippen LogP contribution in [0.5, 0.6) is 5.75 Å². The summed E-state index contributed by atoms with van der Waals surface area (Å²) < 4.78 is 42.5. The fraction of sp³-hybridized carbons (Fsp3) is 0.286. The van der Waals surface area contributed by atoms with Gasteiger partial charge in [0.05, 0.1) is 27.7 Å². The van der Waals surface area contributed by atoms with Crippen LogP contribution >= 0.6 is 11.6 Å². The van der Waals surface area contributed by atoms with Gasteiger partial charge in [0.1, 0.15) is 18.0 Å². The van der Waals surface area contributed by atoms with Crippen molar-refractivity contribution in [3.8, 4) is 5.75 Å². The van der Waals surface area contributed by atoms with E-state index in [-0.39, 0.29) is 34.3 Å². The summed E-state index contributed by atoms with van der Waals surface area (Å²) in [5.74, 6) is 0.0718. The SMILES string of the molecule is CCc1c(N2CCN(Cc3ncccc3O)CC2)c(=O)n2nc(C3=Cc4ccccc4C3)nc2n1CC(=O)Nc1ccc(C(F)(F)F)cc1Cl. The summed E-state index contributed by atoms with van der Waals surface area (Å²) in [6.45, 7) is 4.14. The van der Waals surface area contributed by atoms with Gasteiger partial charge in [-0.15, -0.1) is 5.10 Å². The van der Waals surface area contributed by atoms with Crippen LogP contribution in [-0.2, 0) is 36.9 Å². The smallest absolute Gasteiger partial charge is 0.416 e. The van der Waals surface area contributed by atoms with E-state index in [4.69, 9.17) is 16.6 Å². The number of rotatable bonds is 8. The predicted molar refractivity (Wildman–Crippen MR) is 183 cm³/mol. The maximum absolute atomic E-state index is 14.3. The number of alkyl halides is 3. The minimum Gasteiger partial charge on any atom is -0.506 e. The van der Waals surface area contributed by atoms with Crippen LogP contribution in [0.2, 0.25) is 5.02 Å². The zero-order chi connectivity index (χ0) is 35.2. The Labute approximate surface area is 289 Å². The lowest BCUT2D eigenvalue weighted by molar-refractivity contribution is -0.137. The Morgan fingerprint density at radius 1 is 1.06 bits per heavy atom. The highest BCUT2D eigenvalue weighted by atomic mass is 35.5. The van der Waals surface area contributed by atoms with E-state index in [9.17, 15) is 27.9 Å². The molecule has 15 heteroatoms. The van der Waals surface area contributed by atoms with E-state index in [0.29, 0.717) is 68.5 Å². The third-order valence-corrected chi connectivity index (χ3v) is 9.33. The van der Waals surface area contributed by atoms with Crippen molar-refractivity contribution in [2.45, 2.75) is 39.0 Å². The second-order valence-corrected chi connectivity index (χ2v) is 12.6. The normalized spacial score (nSPS) is 15.0. The van der Waals surface area contributed by atoms with E-state index >= 15 is 0 Å². The predicted octanol–water partition coefficient (Wildman–Crippen LogP) is 5.28. The fourth-order valence-electron chi connectivity index (χ4n) is 6.51. The van der Waals surface area contributed by atoms with Crippen molar-refractivity contribution in [2.24, 2.45) is 0 Å². The van der Waals surface area contributed by atoms with Gasteiger partial charge in [-0.3, -0.25) is 19.5 Å². The van der Waals surface area contributed by atoms with E-state index in [1.807, 2.05) is 42.2 Å². The summed E-state index contributed by atoms with van der Waals surface area (Å²) in [5.41, 5.74) is 3.21. The lowest BCUT2D eigenvalue weighted by Gasteiger charge is -2.36. The Hall–Kier alpha value is -5.21. The average molecular weight is 705 g/mol. The molecule has 1 amide bonds. The number of aromatic nitrogens is 5.